The third-order valence-corrected chi connectivity index (χ3v) is 4.46. The van der Waals surface area contributed by atoms with Gasteiger partial charge in [0.15, 0.2) is 0 Å². The van der Waals surface area contributed by atoms with Gasteiger partial charge >= 0.3 is 5.97 Å². The van der Waals surface area contributed by atoms with Gasteiger partial charge in [-0.25, -0.2) is 18.2 Å². The maximum absolute atomic E-state index is 11.5. The Morgan fingerprint density at radius 3 is 2.65 bits per heavy atom. The molecule has 0 aromatic carbocycles. The summed E-state index contributed by atoms with van der Waals surface area (Å²) in [6, 6.07) is 1.32. The second-order valence-corrected chi connectivity index (χ2v) is 6.61. The van der Waals surface area contributed by atoms with Crippen molar-refractivity contribution in [1.29, 1.82) is 0 Å². The highest BCUT2D eigenvalue weighted by Crippen LogP contribution is 2.25. The molecule has 0 spiro atoms. The Morgan fingerprint density at radius 1 is 1.45 bits per heavy atom. The molecule has 110 valence electrons. The van der Waals surface area contributed by atoms with Crippen molar-refractivity contribution in [2.45, 2.75) is 19.8 Å². The van der Waals surface area contributed by atoms with E-state index in [9.17, 15) is 18.3 Å². The predicted octanol–water partition coefficient (Wildman–Crippen LogP) is 1.14. The number of carboxylic acids is 1. The molecule has 0 aliphatic carbocycles. The van der Waals surface area contributed by atoms with E-state index in [0.717, 1.165) is 25.9 Å². The van der Waals surface area contributed by atoms with Gasteiger partial charge in [-0.3, -0.25) is 4.72 Å². The minimum absolute atomic E-state index is 0.0169. The molecule has 1 aromatic heterocycles. The van der Waals surface area contributed by atoms with Crippen molar-refractivity contribution in [1.82, 2.24) is 4.98 Å². The lowest BCUT2D eigenvalue weighted by molar-refractivity contribution is 0.0697. The van der Waals surface area contributed by atoms with Gasteiger partial charge < -0.3 is 10.0 Å². The molecule has 2 rings (SSSR count). The summed E-state index contributed by atoms with van der Waals surface area (Å²) in [7, 11) is -3.44. The second kappa shape index (κ2) is 5.66. The van der Waals surface area contributed by atoms with E-state index in [1.807, 2.05) is 4.90 Å². The van der Waals surface area contributed by atoms with Crippen LogP contribution in [-0.2, 0) is 10.0 Å². The van der Waals surface area contributed by atoms with Crippen molar-refractivity contribution in [3.63, 3.8) is 0 Å². The first-order chi connectivity index (χ1) is 9.43. The molecule has 0 amide bonds. The summed E-state index contributed by atoms with van der Waals surface area (Å²) in [5.41, 5.74) is 0.190. The summed E-state index contributed by atoms with van der Waals surface area (Å²) < 4.78 is 25.3. The molecule has 2 N–H and O–H groups in total. The molecule has 2 heterocycles. The van der Waals surface area contributed by atoms with Gasteiger partial charge in [-0.2, -0.15) is 0 Å². The first-order valence-electron chi connectivity index (χ1n) is 6.41. The average Bonchev–Trinajstić information content (AvgIpc) is 2.92. The molecule has 20 heavy (non-hydrogen) atoms. The van der Waals surface area contributed by atoms with Crippen LogP contribution in [0.15, 0.2) is 12.3 Å². The monoisotopic (exact) mass is 299 g/mol. The van der Waals surface area contributed by atoms with Crippen LogP contribution in [0.2, 0.25) is 0 Å². The highest BCUT2D eigenvalue weighted by atomic mass is 32.2. The lowest BCUT2D eigenvalue weighted by atomic mass is 10.2. The standard InChI is InChI=1S/C12H17N3O4S/c1-2-20(18,19)14-9-7-10(12(16)17)11(13-8-9)15-5-3-4-6-15/h7-8,14H,2-6H2,1H3,(H,16,17). The largest absolute Gasteiger partial charge is 0.478 e. The number of nitrogens with one attached hydrogen (secondary N) is 1. The zero-order valence-corrected chi connectivity index (χ0v) is 12.0. The molecule has 0 radical (unpaired) electrons. The maximum atomic E-state index is 11.5. The van der Waals surface area contributed by atoms with Gasteiger partial charge in [-0.1, -0.05) is 0 Å². The fourth-order valence-electron chi connectivity index (χ4n) is 2.10. The number of aromatic carboxylic acids is 1. The number of aromatic nitrogens is 1. The van der Waals surface area contributed by atoms with Crippen molar-refractivity contribution in [2.24, 2.45) is 0 Å². The van der Waals surface area contributed by atoms with E-state index in [0.29, 0.717) is 5.82 Å². The first-order valence-corrected chi connectivity index (χ1v) is 8.07. The molecule has 7 nitrogen and oxygen atoms in total. The number of rotatable bonds is 5. The maximum Gasteiger partial charge on any atom is 0.339 e. The number of carbonyl (C=O) groups is 1. The third kappa shape index (κ3) is 3.19. The Hall–Kier alpha value is -1.83. The molecule has 0 unspecified atom stereocenters. The summed E-state index contributed by atoms with van der Waals surface area (Å²) in [6.07, 6.45) is 3.36. The number of carboxylic acid groups (broad SMARTS) is 1. The van der Waals surface area contributed by atoms with Crippen LogP contribution >= 0.6 is 0 Å². The van der Waals surface area contributed by atoms with Crippen LogP contribution in [0.25, 0.3) is 0 Å². The van der Waals surface area contributed by atoms with Gasteiger partial charge in [0.2, 0.25) is 10.0 Å². The van der Waals surface area contributed by atoms with E-state index in [4.69, 9.17) is 0 Å². The van der Waals surface area contributed by atoms with Crippen LogP contribution in [0.1, 0.15) is 30.1 Å². The van der Waals surface area contributed by atoms with Crippen LogP contribution in [0.5, 0.6) is 0 Å². The van der Waals surface area contributed by atoms with Crippen LogP contribution in [-0.4, -0.2) is 43.3 Å². The smallest absolute Gasteiger partial charge is 0.339 e. The van der Waals surface area contributed by atoms with E-state index in [2.05, 4.69) is 9.71 Å². The molecule has 1 fully saturated rings. The van der Waals surface area contributed by atoms with Crippen LogP contribution < -0.4 is 9.62 Å². The van der Waals surface area contributed by atoms with Crippen LogP contribution in [0.3, 0.4) is 0 Å². The number of hydrogen-bond donors (Lipinski definition) is 2. The number of sulfonamides is 1. The highest BCUT2D eigenvalue weighted by Gasteiger charge is 2.21. The Balaban J connectivity index is 2.35. The number of anilines is 2. The Morgan fingerprint density at radius 2 is 2.10 bits per heavy atom. The second-order valence-electron chi connectivity index (χ2n) is 4.60. The topological polar surface area (TPSA) is 99.6 Å². The summed E-state index contributed by atoms with van der Waals surface area (Å²) in [4.78, 5) is 17.3. The number of hydrogen-bond acceptors (Lipinski definition) is 5. The molecular weight excluding hydrogens is 282 g/mol. The van der Waals surface area contributed by atoms with Crippen LogP contribution in [0.4, 0.5) is 11.5 Å². The van der Waals surface area contributed by atoms with E-state index < -0.39 is 16.0 Å². The number of pyridine rings is 1. The molecule has 0 bridgehead atoms. The minimum atomic E-state index is -3.44. The van der Waals surface area contributed by atoms with Gasteiger partial charge in [-0.05, 0) is 25.8 Å². The minimum Gasteiger partial charge on any atom is -0.478 e. The van der Waals surface area contributed by atoms with Gasteiger partial charge in [0, 0.05) is 13.1 Å². The fraction of sp³-hybridized carbons (Fsp3) is 0.500. The van der Waals surface area contributed by atoms with Crippen molar-refractivity contribution in [2.75, 3.05) is 28.5 Å². The van der Waals surface area contributed by atoms with E-state index in [1.54, 1.807) is 0 Å². The molecule has 1 aliphatic heterocycles. The van der Waals surface area contributed by atoms with E-state index in [1.165, 1.54) is 19.2 Å². The predicted molar refractivity (Wildman–Crippen MR) is 75.7 cm³/mol. The average molecular weight is 299 g/mol. The van der Waals surface area contributed by atoms with Crippen molar-refractivity contribution in [3.8, 4) is 0 Å². The zero-order valence-electron chi connectivity index (χ0n) is 11.2. The number of nitrogens with zero attached hydrogens (tertiary/aromatic N) is 2. The summed E-state index contributed by atoms with van der Waals surface area (Å²) in [5.74, 6) is -0.796. The Labute approximate surface area is 117 Å². The lowest BCUT2D eigenvalue weighted by Crippen LogP contribution is -2.23. The summed E-state index contributed by atoms with van der Waals surface area (Å²) in [6.45, 7) is 3.05. The molecule has 1 aliphatic rings. The van der Waals surface area contributed by atoms with Gasteiger partial charge in [0.05, 0.1) is 17.6 Å². The van der Waals surface area contributed by atoms with E-state index in [-0.39, 0.29) is 17.0 Å². The van der Waals surface area contributed by atoms with Gasteiger partial charge in [-0.15, -0.1) is 0 Å². The Kier molecular flexibility index (Phi) is 4.12. The summed E-state index contributed by atoms with van der Waals surface area (Å²) in [5, 5.41) is 9.26. The fourth-order valence-corrected chi connectivity index (χ4v) is 2.72. The molecule has 1 saturated heterocycles. The molecule has 1 aromatic rings. The van der Waals surface area contributed by atoms with Crippen LogP contribution in [0, 0.1) is 0 Å². The Bertz CT molecular complexity index is 609. The zero-order chi connectivity index (χ0) is 14.8. The van der Waals surface area contributed by atoms with Gasteiger partial charge in [0.1, 0.15) is 11.4 Å². The molecule has 0 atom stereocenters. The van der Waals surface area contributed by atoms with Crippen molar-refractivity contribution < 1.29 is 18.3 Å². The van der Waals surface area contributed by atoms with Crippen molar-refractivity contribution in [3.05, 3.63) is 17.8 Å². The first kappa shape index (κ1) is 14.6. The van der Waals surface area contributed by atoms with Gasteiger partial charge in [0.25, 0.3) is 0 Å². The normalized spacial score (nSPS) is 15.3. The lowest BCUT2D eigenvalue weighted by Gasteiger charge is -2.19. The SMILES string of the molecule is CCS(=O)(=O)Nc1cnc(N2CCCC2)c(C(=O)O)c1. The van der Waals surface area contributed by atoms with Crippen molar-refractivity contribution >= 4 is 27.5 Å². The highest BCUT2D eigenvalue weighted by molar-refractivity contribution is 7.92. The quantitative estimate of drug-likeness (QED) is 0.846. The van der Waals surface area contributed by atoms with E-state index >= 15 is 0 Å². The molecular formula is C12H17N3O4S. The molecule has 8 heteroatoms. The summed E-state index contributed by atoms with van der Waals surface area (Å²) >= 11 is 0. The molecule has 0 saturated carbocycles. The third-order valence-electron chi connectivity index (χ3n) is 3.16.